The third-order valence-corrected chi connectivity index (χ3v) is 2.54. The first-order valence-electron chi connectivity index (χ1n) is 5.99. The maximum atomic E-state index is 5.89. The Morgan fingerprint density at radius 2 is 2.06 bits per heavy atom. The molecule has 0 saturated heterocycles. The van der Waals surface area contributed by atoms with E-state index >= 15 is 0 Å². The first-order valence-corrected chi connectivity index (χ1v) is 5.99. The van der Waals surface area contributed by atoms with Crippen molar-refractivity contribution in [1.29, 1.82) is 0 Å². The minimum Gasteiger partial charge on any atom is -0.498 e. The first kappa shape index (κ1) is 12.6. The van der Waals surface area contributed by atoms with Crippen LogP contribution < -0.4 is 5.73 Å². The summed E-state index contributed by atoms with van der Waals surface area (Å²) in [6.45, 7) is 6.75. The van der Waals surface area contributed by atoms with E-state index in [-0.39, 0.29) is 0 Å². The summed E-state index contributed by atoms with van der Waals surface area (Å²) in [4.78, 5) is 0. The highest BCUT2D eigenvalue weighted by molar-refractivity contribution is 5.54. The lowest BCUT2D eigenvalue weighted by Gasteiger charge is -2.18. The van der Waals surface area contributed by atoms with Gasteiger partial charge in [-0.05, 0) is 36.6 Å². The fraction of sp³-hybridized carbons (Fsp3) is 0.429. The second-order valence-corrected chi connectivity index (χ2v) is 3.47. The predicted octanol–water partition coefficient (Wildman–Crippen LogP) is 3.31. The molecule has 1 aromatic carbocycles. The molecule has 2 rings (SSSR count). The zero-order chi connectivity index (χ0) is 12.0. The van der Waals surface area contributed by atoms with E-state index in [0.717, 1.165) is 30.9 Å². The molecule has 2 N–H and O–H groups in total. The van der Waals surface area contributed by atoms with Crippen molar-refractivity contribution in [2.24, 2.45) is 0 Å². The smallest absolute Gasteiger partial charge is 0.0967 e. The average molecular weight is 219 g/mol. The normalized spacial score (nSPS) is 13.1. The van der Waals surface area contributed by atoms with Crippen molar-refractivity contribution in [2.45, 2.75) is 33.6 Å². The van der Waals surface area contributed by atoms with Crippen LogP contribution in [0.15, 0.2) is 30.0 Å². The van der Waals surface area contributed by atoms with Crippen molar-refractivity contribution in [3.63, 3.8) is 0 Å². The highest BCUT2D eigenvalue weighted by atomic mass is 16.5. The number of fused-ring (bicyclic) bond motifs is 1. The molecular formula is C14H21NO. The van der Waals surface area contributed by atoms with Crippen LogP contribution in [0.1, 0.15) is 31.9 Å². The van der Waals surface area contributed by atoms with Crippen LogP contribution in [0, 0.1) is 0 Å². The molecule has 16 heavy (non-hydrogen) atoms. The van der Waals surface area contributed by atoms with E-state index in [0.29, 0.717) is 0 Å². The molecule has 0 heterocycles. The molecule has 0 saturated carbocycles. The van der Waals surface area contributed by atoms with Gasteiger partial charge in [-0.3, -0.25) is 0 Å². The van der Waals surface area contributed by atoms with Gasteiger partial charge < -0.3 is 10.5 Å². The lowest BCUT2D eigenvalue weighted by Crippen LogP contribution is -2.08. The van der Waals surface area contributed by atoms with E-state index in [1.165, 1.54) is 11.1 Å². The summed E-state index contributed by atoms with van der Waals surface area (Å²) in [5.41, 5.74) is 9.35. The van der Waals surface area contributed by atoms with Crippen LogP contribution in [0.5, 0.6) is 0 Å². The monoisotopic (exact) mass is 219 g/mol. The quantitative estimate of drug-likeness (QED) is 0.774. The summed E-state index contributed by atoms with van der Waals surface area (Å²) in [5.74, 6) is 1.07. The third kappa shape index (κ3) is 2.78. The number of nitrogens with two attached hydrogens (primary N) is 1. The van der Waals surface area contributed by atoms with E-state index in [1.54, 1.807) is 0 Å². The van der Waals surface area contributed by atoms with E-state index in [1.807, 2.05) is 32.9 Å². The van der Waals surface area contributed by atoms with Crippen molar-refractivity contribution in [2.75, 3.05) is 12.3 Å². The molecule has 0 unspecified atom stereocenters. The van der Waals surface area contributed by atoms with Crippen molar-refractivity contribution in [3.05, 3.63) is 41.2 Å². The Labute approximate surface area is 98.1 Å². The molecule has 1 aliphatic carbocycles. The minimum absolute atomic E-state index is 0.740. The van der Waals surface area contributed by atoms with Crippen LogP contribution in [-0.4, -0.2) is 6.61 Å². The Hall–Kier alpha value is -1.44. The predicted molar refractivity (Wildman–Crippen MR) is 69.3 cm³/mol. The Kier molecular flexibility index (Phi) is 4.90. The molecule has 0 amide bonds. The number of ether oxygens (including phenoxy) is 1. The lowest BCUT2D eigenvalue weighted by molar-refractivity contribution is 0.220. The summed E-state index contributed by atoms with van der Waals surface area (Å²) in [7, 11) is 0. The molecule has 0 fully saturated rings. The molecule has 1 aliphatic rings. The van der Waals surface area contributed by atoms with Crippen molar-refractivity contribution in [1.82, 2.24) is 0 Å². The second kappa shape index (κ2) is 6.21. The molecule has 0 spiro atoms. The molecular weight excluding hydrogens is 198 g/mol. The number of hydrogen-bond donors (Lipinski definition) is 1. The van der Waals surface area contributed by atoms with E-state index in [9.17, 15) is 0 Å². The van der Waals surface area contributed by atoms with Gasteiger partial charge in [0, 0.05) is 12.1 Å². The Bertz CT molecular complexity index is 369. The van der Waals surface area contributed by atoms with E-state index in [2.05, 4.69) is 12.1 Å². The van der Waals surface area contributed by atoms with Crippen molar-refractivity contribution in [3.8, 4) is 0 Å². The molecule has 0 atom stereocenters. The SMILES string of the molecule is CC.CCOC1=CCc2c(N)cccc2C1. The number of benzene rings is 1. The summed E-state index contributed by atoms with van der Waals surface area (Å²) >= 11 is 0. The molecule has 1 aromatic rings. The average Bonchev–Trinajstić information content (AvgIpc) is 2.32. The van der Waals surface area contributed by atoms with Gasteiger partial charge in [-0.2, -0.15) is 0 Å². The maximum Gasteiger partial charge on any atom is 0.0967 e. The van der Waals surface area contributed by atoms with Gasteiger partial charge in [0.1, 0.15) is 0 Å². The van der Waals surface area contributed by atoms with Gasteiger partial charge in [0.15, 0.2) is 0 Å². The van der Waals surface area contributed by atoms with E-state index in [4.69, 9.17) is 10.5 Å². The summed E-state index contributed by atoms with van der Waals surface area (Å²) in [6, 6.07) is 6.08. The Morgan fingerprint density at radius 3 is 2.75 bits per heavy atom. The molecule has 0 aliphatic heterocycles. The Morgan fingerprint density at radius 1 is 1.31 bits per heavy atom. The number of allylic oxidation sites excluding steroid dienone is 2. The highest BCUT2D eigenvalue weighted by Crippen LogP contribution is 2.25. The van der Waals surface area contributed by atoms with Gasteiger partial charge in [-0.15, -0.1) is 0 Å². The minimum atomic E-state index is 0.740. The summed E-state index contributed by atoms with van der Waals surface area (Å²) in [5, 5.41) is 0. The van der Waals surface area contributed by atoms with Crippen molar-refractivity contribution < 1.29 is 4.74 Å². The number of hydrogen-bond acceptors (Lipinski definition) is 2. The van der Waals surface area contributed by atoms with Gasteiger partial charge in [0.2, 0.25) is 0 Å². The Balaban J connectivity index is 0.000000606. The van der Waals surface area contributed by atoms with Crippen molar-refractivity contribution >= 4 is 5.69 Å². The van der Waals surface area contributed by atoms with Crippen LogP contribution in [0.2, 0.25) is 0 Å². The fourth-order valence-electron chi connectivity index (χ4n) is 1.84. The third-order valence-electron chi connectivity index (χ3n) is 2.54. The molecule has 0 aromatic heterocycles. The van der Waals surface area contributed by atoms with Gasteiger partial charge in [-0.1, -0.05) is 26.0 Å². The number of anilines is 1. The molecule has 0 bridgehead atoms. The molecule has 2 nitrogen and oxygen atoms in total. The zero-order valence-electron chi connectivity index (χ0n) is 10.4. The first-order chi connectivity index (χ1) is 7.81. The maximum absolute atomic E-state index is 5.89. The van der Waals surface area contributed by atoms with Crippen LogP contribution in [0.25, 0.3) is 0 Å². The van der Waals surface area contributed by atoms with Crippen LogP contribution >= 0.6 is 0 Å². The van der Waals surface area contributed by atoms with E-state index < -0.39 is 0 Å². The number of nitrogen functional groups attached to an aromatic ring is 1. The summed E-state index contributed by atoms with van der Waals surface area (Å²) in [6.07, 6.45) is 3.91. The van der Waals surface area contributed by atoms with Crippen LogP contribution in [-0.2, 0) is 17.6 Å². The van der Waals surface area contributed by atoms with Gasteiger partial charge in [-0.25, -0.2) is 0 Å². The molecule has 0 radical (unpaired) electrons. The zero-order valence-corrected chi connectivity index (χ0v) is 10.4. The largest absolute Gasteiger partial charge is 0.498 e. The van der Waals surface area contributed by atoms with Gasteiger partial charge in [0.05, 0.1) is 12.4 Å². The van der Waals surface area contributed by atoms with Gasteiger partial charge in [0.25, 0.3) is 0 Å². The van der Waals surface area contributed by atoms with Crippen LogP contribution in [0.4, 0.5) is 5.69 Å². The molecule has 88 valence electrons. The van der Waals surface area contributed by atoms with Gasteiger partial charge >= 0.3 is 0 Å². The molecule has 2 heteroatoms. The standard InChI is InChI=1S/C12H15NO.C2H6/c1-2-14-10-6-7-11-9(8-10)4-3-5-12(11)13;1-2/h3-6H,2,7-8,13H2,1H3;1-2H3. The number of rotatable bonds is 2. The fourth-order valence-corrected chi connectivity index (χ4v) is 1.84. The summed E-state index contributed by atoms with van der Waals surface area (Å²) < 4.78 is 5.50. The topological polar surface area (TPSA) is 35.2 Å². The second-order valence-electron chi connectivity index (χ2n) is 3.47. The van der Waals surface area contributed by atoms with Crippen LogP contribution in [0.3, 0.4) is 0 Å². The highest BCUT2D eigenvalue weighted by Gasteiger charge is 2.13. The lowest BCUT2D eigenvalue weighted by atomic mass is 9.94.